The quantitative estimate of drug-likeness (QED) is 0.264. The van der Waals surface area contributed by atoms with Crippen molar-refractivity contribution in [1.29, 1.82) is 0 Å². The highest BCUT2D eigenvalue weighted by Gasteiger charge is 2.55. The molecule has 0 aromatic heterocycles. The first-order chi connectivity index (χ1) is 24.9. The molecule has 14 nitrogen and oxygen atoms in total. The lowest BCUT2D eigenvalue weighted by molar-refractivity contribution is -0.0513. The summed E-state index contributed by atoms with van der Waals surface area (Å²) in [7, 11) is 0. The van der Waals surface area contributed by atoms with Crippen LogP contribution in [0.25, 0.3) is 0 Å². The van der Waals surface area contributed by atoms with E-state index < -0.39 is 11.7 Å². The van der Waals surface area contributed by atoms with Crippen molar-refractivity contribution in [3.8, 4) is 0 Å². The standard InChI is InChI=1S/C38H60N6O8/c1-3-12-42-26-37(51-33(42)48)8-15-39(16-9-37)30-22-36(23-30)7-14-43(25-36)32(47)50-19-4-5-28(2)44-27-38(52-34(44)49)10-17-40(18-11-38)29-20-35(21-29)6-13-41(24-35)31(45)46/h28-30H,3-27H2,1-2H3,(H,45,46). The fourth-order valence-electron chi connectivity index (χ4n) is 11.3. The van der Waals surface area contributed by atoms with Crippen molar-refractivity contribution < 1.29 is 38.5 Å². The molecular weight excluding hydrogens is 668 g/mol. The molecule has 6 saturated heterocycles. The van der Waals surface area contributed by atoms with E-state index in [1.165, 1.54) is 0 Å². The Bertz CT molecular complexity index is 1380. The van der Waals surface area contributed by atoms with Gasteiger partial charge in [-0.05, 0) is 75.5 Å². The van der Waals surface area contributed by atoms with Crippen LogP contribution in [0.2, 0.25) is 0 Å². The second kappa shape index (κ2) is 13.7. The third-order valence-corrected chi connectivity index (χ3v) is 14.6. The van der Waals surface area contributed by atoms with Crippen LogP contribution in [0.4, 0.5) is 19.2 Å². The molecule has 0 aromatic rings. The third kappa shape index (κ3) is 6.79. The highest BCUT2D eigenvalue weighted by molar-refractivity contribution is 5.71. The summed E-state index contributed by atoms with van der Waals surface area (Å²) in [5.74, 6) is 0. The van der Waals surface area contributed by atoms with Gasteiger partial charge in [0.2, 0.25) is 0 Å². The first-order valence-electron chi connectivity index (χ1n) is 20.3. The van der Waals surface area contributed by atoms with Crippen molar-refractivity contribution in [1.82, 2.24) is 29.4 Å². The van der Waals surface area contributed by atoms with Crippen LogP contribution in [-0.4, -0.2) is 167 Å². The minimum Gasteiger partial charge on any atom is -0.465 e. The molecule has 0 radical (unpaired) electrons. The Hall–Kier alpha value is -3.00. The second-order valence-electron chi connectivity index (χ2n) is 18.1. The van der Waals surface area contributed by atoms with E-state index in [0.717, 1.165) is 129 Å². The number of ether oxygens (including phenoxy) is 3. The summed E-state index contributed by atoms with van der Waals surface area (Å²) in [6.07, 6.45) is 10.8. The van der Waals surface area contributed by atoms with Gasteiger partial charge in [0.05, 0.1) is 19.7 Å². The van der Waals surface area contributed by atoms with Crippen molar-refractivity contribution in [2.24, 2.45) is 10.8 Å². The number of rotatable bonds is 9. The molecule has 4 spiro atoms. The smallest absolute Gasteiger partial charge is 0.410 e. The number of carbonyl (C=O) groups excluding carboxylic acids is 3. The molecule has 8 fully saturated rings. The number of carbonyl (C=O) groups is 4. The largest absolute Gasteiger partial charge is 0.465 e. The molecule has 8 rings (SSSR count). The molecule has 6 aliphatic heterocycles. The van der Waals surface area contributed by atoms with E-state index in [1.54, 1.807) is 4.90 Å². The van der Waals surface area contributed by atoms with Crippen LogP contribution >= 0.6 is 0 Å². The molecule has 1 N–H and O–H groups in total. The summed E-state index contributed by atoms with van der Waals surface area (Å²) in [4.78, 5) is 62.0. The van der Waals surface area contributed by atoms with Gasteiger partial charge in [-0.3, -0.25) is 0 Å². The Morgan fingerprint density at radius 2 is 1.31 bits per heavy atom. The minimum absolute atomic E-state index is 0.0114. The van der Waals surface area contributed by atoms with Crippen molar-refractivity contribution in [3.05, 3.63) is 0 Å². The lowest BCUT2D eigenvalue weighted by Gasteiger charge is -2.52. The third-order valence-electron chi connectivity index (χ3n) is 14.6. The topological polar surface area (TPSA) is 136 Å². The second-order valence-corrected chi connectivity index (χ2v) is 18.1. The summed E-state index contributed by atoms with van der Waals surface area (Å²) in [5, 5.41) is 9.34. The lowest BCUT2D eigenvalue weighted by Crippen LogP contribution is -2.57. The molecule has 4 amide bonds. The molecule has 2 aliphatic carbocycles. The van der Waals surface area contributed by atoms with Gasteiger partial charge in [-0.1, -0.05) is 6.92 Å². The van der Waals surface area contributed by atoms with Gasteiger partial charge in [-0.25, -0.2) is 19.2 Å². The SMILES string of the molecule is CCCN1CC2(CCN(C3CC4(CCN(C(=O)OCCCC(C)N5CC6(CCN(C7CC8(CCN(C(=O)O)C8)C7)CC6)OC5=O)C4)C3)CC2)OC1=O. The zero-order valence-electron chi connectivity index (χ0n) is 31.4. The van der Waals surface area contributed by atoms with Gasteiger partial charge in [0.15, 0.2) is 0 Å². The van der Waals surface area contributed by atoms with Crippen LogP contribution in [0.3, 0.4) is 0 Å². The van der Waals surface area contributed by atoms with Gasteiger partial charge in [0, 0.05) is 103 Å². The van der Waals surface area contributed by atoms with Gasteiger partial charge in [-0.15, -0.1) is 0 Å². The Balaban J connectivity index is 0.703. The fraction of sp³-hybridized carbons (Fsp3) is 0.895. The predicted molar refractivity (Wildman–Crippen MR) is 190 cm³/mol. The monoisotopic (exact) mass is 728 g/mol. The van der Waals surface area contributed by atoms with E-state index in [-0.39, 0.29) is 40.8 Å². The van der Waals surface area contributed by atoms with Crippen LogP contribution in [0.15, 0.2) is 0 Å². The Morgan fingerprint density at radius 3 is 1.87 bits per heavy atom. The Labute approximate surface area is 308 Å². The van der Waals surface area contributed by atoms with E-state index >= 15 is 0 Å². The highest BCUT2D eigenvalue weighted by atomic mass is 16.6. The molecule has 0 aromatic carbocycles. The summed E-state index contributed by atoms with van der Waals surface area (Å²) >= 11 is 0. The van der Waals surface area contributed by atoms with Crippen LogP contribution in [-0.2, 0) is 14.2 Å². The van der Waals surface area contributed by atoms with E-state index in [1.807, 2.05) is 14.7 Å². The van der Waals surface area contributed by atoms with Gasteiger partial charge in [0.25, 0.3) is 0 Å². The molecule has 0 bridgehead atoms. The summed E-state index contributed by atoms with van der Waals surface area (Å²) in [6, 6.07) is 1.06. The summed E-state index contributed by atoms with van der Waals surface area (Å²) in [6.45, 7) is 13.2. The van der Waals surface area contributed by atoms with E-state index in [2.05, 4.69) is 23.6 Å². The van der Waals surface area contributed by atoms with Crippen molar-refractivity contribution in [3.63, 3.8) is 0 Å². The molecule has 14 heteroatoms. The Morgan fingerprint density at radius 1 is 0.769 bits per heavy atom. The number of hydrogen-bond acceptors (Lipinski definition) is 9. The van der Waals surface area contributed by atoms with Crippen molar-refractivity contribution >= 4 is 24.4 Å². The summed E-state index contributed by atoms with van der Waals surface area (Å²) < 4.78 is 17.6. The molecule has 290 valence electrons. The van der Waals surface area contributed by atoms with Gasteiger partial charge < -0.3 is 48.7 Å². The average molecular weight is 729 g/mol. The predicted octanol–water partition coefficient (Wildman–Crippen LogP) is 4.66. The Kier molecular flexibility index (Phi) is 9.48. The molecule has 6 heterocycles. The number of carboxylic acid groups (broad SMARTS) is 1. The molecular formula is C38H60N6O8. The lowest BCUT2D eigenvalue weighted by atomic mass is 9.64. The molecule has 2 saturated carbocycles. The first-order valence-corrected chi connectivity index (χ1v) is 20.3. The normalized spacial score (nSPS) is 34.7. The van der Waals surface area contributed by atoms with Crippen LogP contribution in [0.5, 0.6) is 0 Å². The zero-order valence-corrected chi connectivity index (χ0v) is 31.4. The number of likely N-dealkylation sites (tertiary alicyclic amines) is 4. The van der Waals surface area contributed by atoms with E-state index in [4.69, 9.17) is 14.2 Å². The van der Waals surface area contributed by atoms with Gasteiger partial charge >= 0.3 is 24.4 Å². The van der Waals surface area contributed by atoms with Gasteiger partial charge in [-0.2, -0.15) is 0 Å². The zero-order chi connectivity index (χ0) is 36.3. The number of hydrogen-bond donors (Lipinski definition) is 1. The fourth-order valence-corrected chi connectivity index (χ4v) is 11.3. The molecule has 1 atom stereocenters. The average Bonchev–Trinajstić information content (AvgIpc) is 3.87. The minimum atomic E-state index is -0.802. The van der Waals surface area contributed by atoms with E-state index in [0.29, 0.717) is 44.7 Å². The molecule has 52 heavy (non-hydrogen) atoms. The van der Waals surface area contributed by atoms with Crippen LogP contribution in [0.1, 0.15) is 97.3 Å². The van der Waals surface area contributed by atoms with Crippen molar-refractivity contribution in [2.75, 3.05) is 78.6 Å². The number of amides is 4. The van der Waals surface area contributed by atoms with Crippen LogP contribution < -0.4 is 0 Å². The maximum atomic E-state index is 13.0. The first kappa shape index (κ1) is 36.0. The summed E-state index contributed by atoms with van der Waals surface area (Å²) in [5.41, 5.74) is -0.359. The number of nitrogens with zero attached hydrogens (tertiary/aromatic N) is 6. The maximum Gasteiger partial charge on any atom is 0.410 e. The maximum absolute atomic E-state index is 13.0. The van der Waals surface area contributed by atoms with Crippen LogP contribution in [0, 0.1) is 10.8 Å². The highest BCUT2D eigenvalue weighted by Crippen LogP contribution is 2.52. The number of piperidine rings is 2. The van der Waals surface area contributed by atoms with Gasteiger partial charge in [0.1, 0.15) is 11.2 Å². The van der Waals surface area contributed by atoms with E-state index in [9.17, 15) is 24.3 Å². The molecule has 8 aliphatic rings. The van der Waals surface area contributed by atoms with Crippen molar-refractivity contribution in [2.45, 2.75) is 127 Å². The molecule has 1 unspecified atom stereocenters.